The van der Waals surface area contributed by atoms with Crippen molar-refractivity contribution < 1.29 is 9.72 Å². The van der Waals surface area contributed by atoms with Gasteiger partial charge < -0.3 is 14.8 Å². The smallest absolute Gasteiger partial charge is 0.271 e. The highest BCUT2D eigenvalue weighted by Crippen LogP contribution is 2.36. The van der Waals surface area contributed by atoms with Crippen molar-refractivity contribution in [1.29, 1.82) is 0 Å². The van der Waals surface area contributed by atoms with Crippen molar-refractivity contribution in [2.45, 2.75) is 18.9 Å². The van der Waals surface area contributed by atoms with E-state index >= 15 is 0 Å². The van der Waals surface area contributed by atoms with E-state index < -0.39 is 4.92 Å². The van der Waals surface area contributed by atoms with Crippen molar-refractivity contribution in [3.8, 4) is 0 Å². The van der Waals surface area contributed by atoms with Gasteiger partial charge >= 0.3 is 0 Å². The van der Waals surface area contributed by atoms with E-state index in [0.29, 0.717) is 22.5 Å². The van der Waals surface area contributed by atoms with Crippen LogP contribution < -0.4 is 10.9 Å². The summed E-state index contributed by atoms with van der Waals surface area (Å²) in [5.41, 5.74) is 1.41. The minimum absolute atomic E-state index is 0.0467. The molecular formula is C20H20N4O4S2. The van der Waals surface area contributed by atoms with Crippen molar-refractivity contribution >= 4 is 45.6 Å². The summed E-state index contributed by atoms with van der Waals surface area (Å²) in [7, 11) is 0. The number of nitrogens with zero attached hydrogens (tertiary/aromatic N) is 3. The molecule has 8 nitrogen and oxygen atoms in total. The van der Waals surface area contributed by atoms with E-state index in [1.165, 1.54) is 30.0 Å². The van der Waals surface area contributed by atoms with Crippen LogP contribution in [0, 0.1) is 16.0 Å². The van der Waals surface area contributed by atoms with Crippen molar-refractivity contribution in [2.24, 2.45) is 5.92 Å². The number of nitro groups is 1. The number of carbonyl (C=O) groups excluding carboxylic acids is 1. The zero-order valence-corrected chi connectivity index (χ0v) is 17.7. The number of thioether (sulfide) groups is 1. The zero-order valence-electron chi connectivity index (χ0n) is 16.0. The number of likely N-dealkylation sites (tertiary alicyclic amines) is 1. The number of amides is 1. The first-order chi connectivity index (χ1) is 14.4. The molecule has 0 unspecified atom stereocenters. The number of nitrogens with one attached hydrogen (secondary N) is 1. The van der Waals surface area contributed by atoms with E-state index in [4.69, 9.17) is 12.2 Å². The van der Waals surface area contributed by atoms with E-state index in [1.54, 1.807) is 18.2 Å². The molecule has 1 aromatic heterocycles. The molecule has 1 fully saturated rings. The predicted molar refractivity (Wildman–Crippen MR) is 120 cm³/mol. The van der Waals surface area contributed by atoms with E-state index in [-0.39, 0.29) is 28.8 Å². The molecule has 4 rings (SSSR count). The Bertz CT molecular complexity index is 1070. The number of carbonyl (C=O) groups is 1. The lowest BCUT2D eigenvalue weighted by Crippen LogP contribution is -2.48. The average molecular weight is 445 g/mol. The molecule has 156 valence electrons. The van der Waals surface area contributed by atoms with Gasteiger partial charge in [-0.15, -0.1) is 0 Å². The zero-order chi connectivity index (χ0) is 21.3. The Morgan fingerprint density at radius 1 is 1.23 bits per heavy atom. The predicted octanol–water partition coefficient (Wildman–Crippen LogP) is 2.83. The average Bonchev–Trinajstić information content (AvgIpc) is 2.73. The topological polar surface area (TPSA) is 97.5 Å². The number of aromatic nitrogens is 1. The second-order valence-electron chi connectivity index (χ2n) is 7.51. The van der Waals surface area contributed by atoms with Crippen LogP contribution >= 0.6 is 24.0 Å². The first-order valence-electron chi connectivity index (χ1n) is 9.56. The Kier molecular flexibility index (Phi) is 5.87. The summed E-state index contributed by atoms with van der Waals surface area (Å²) in [5.74, 6) is 0.470. The van der Waals surface area contributed by atoms with E-state index in [0.717, 1.165) is 25.2 Å². The number of hydrogen-bond donors (Lipinski definition) is 1. The summed E-state index contributed by atoms with van der Waals surface area (Å²) in [5, 5.41) is 13.5. The molecule has 2 aliphatic heterocycles. The van der Waals surface area contributed by atoms with E-state index in [9.17, 15) is 19.7 Å². The number of piperidine rings is 1. The second kappa shape index (κ2) is 8.57. The van der Waals surface area contributed by atoms with Gasteiger partial charge in [-0.1, -0.05) is 36.1 Å². The highest BCUT2D eigenvalue weighted by atomic mass is 32.2. The molecule has 2 aliphatic rings. The maximum Gasteiger partial charge on any atom is 0.271 e. The number of fused-ring (bicyclic) bond motifs is 4. The lowest BCUT2D eigenvalue weighted by Gasteiger charge is -2.43. The van der Waals surface area contributed by atoms with Gasteiger partial charge in [0.25, 0.3) is 11.2 Å². The van der Waals surface area contributed by atoms with Gasteiger partial charge in [0.2, 0.25) is 5.91 Å². The van der Waals surface area contributed by atoms with Crippen LogP contribution in [-0.4, -0.2) is 43.5 Å². The normalized spacial score (nSPS) is 19.7. The van der Waals surface area contributed by atoms with Crippen molar-refractivity contribution in [1.82, 2.24) is 9.47 Å². The molecule has 3 heterocycles. The van der Waals surface area contributed by atoms with Gasteiger partial charge in [-0.25, -0.2) is 0 Å². The second-order valence-corrected chi connectivity index (χ2v) is 9.12. The third-order valence-electron chi connectivity index (χ3n) is 5.41. The molecule has 2 bridgehead atoms. The summed E-state index contributed by atoms with van der Waals surface area (Å²) in [6, 6.07) is 11.3. The van der Waals surface area contributed by atoms with E-state index in [1.807, 2.05) is 10.6 Å². The SMILES string of the molecule is O=C(CSC(=S)N1C[C@H]2C[C@H](C1)c1cccc(=O)n1C2)Nc1cccc([N+](=O)[O-])c1. The minimum atomic E-state index is -0.501. The van der Waals surface area contributed by atoms with Crippen molar-refractivity contribution in [2.75, 3.05) is 24.2 Å². The number of nitro benzene ring substituents is 1. The largest absolute Gasteiger partial charge is 0.356 e. The number of hydrogen-bond acceptors (Lipinski definition) is 6. The number of non-ortho nitro benzene ring substituents is 1. The standard InChI is InChI=1S/C20H20N4O4S2/c25-18(21-15-3-1-4-16(8-15)24(27)28)12-30-20(29)22-9-13-7-14(11-22)17-5-2-6-19(26)23(17)10-13/h1-6,8,13-14H,7,9-12H2,(H,21,25)/t13-,14-/m1/s1. The highest BCUT2D eigenvalue weighted by Gasteiger charge is 2.35. The molecule has 1 aromatic carbocycles. The van der Waals surface area contributed by atoms with Gasteiger partial charge in [0.1, 0.15) is 4.32 Å². The summed E-state index contributed by atoms with van der Waals surface area (Å²) >= 11 is 6.85. The number of thiocarbonyl (C=S) groups is 1. The molecule has 10 heteroatoms. The third kappa shape index (κ3) is 4.39. The summed E-state index contributed by atoms with van der Waals surface area (Å²) in [6.07, 6.45) is 1.04. The minimum Gasteiger partial charge on any atom is -0.356 e. The van der Waals surface area contributed by atoms with Crippen molar-refractivity contribution in [3.63, 3.8) is 0 Å². The fourth-order valence-corrected chi connectivity index (χ4v) is 5.14. The molecule has 2 atom stereocenters. The van der Waals surface area contributed by atoms with Crippen molar-refractivity contribution in [3.05, 3.63) is 68.6 Å². The molecule has 0 saturated carbocycles. The lowest BCUT2D eigenvalue weighted by atomic mass is 9.83. The molecule has 0 aliphatic carbocycles. The molecule has 1 N–H and O–H groups in total. The quantitative estimate of drug-likeness (QED) is 0.440. The van der Waals surface area contributed by atoms with Gasteiger partial charge in [-0.2, -0.15) is 0 Å². The highest BCUT2D eigenvalue weighted by molar-refractivity contribution is 8.23. The van der Waals surface area contributed by atoms with Crippen LogP contribution in [0.5, 0.6) is 0 Å². The maximum absolute atomic E-state index is 12.3. The Labute approximate surface area is 182 Å². The molecule has 0 radical (unpaired) electrons. The fourth-order valence-electron chi connectivity index (χ4n) is 4.16. The third-order valence-corrected chi connectivity index (χ3v) is 6.93. The van der Waals surface area contributed by atoms with Gasteiger partial charge in [-0.3, -0.25) is 19.7 Å². The van der Waals surface area contributed by atoms with Gasteiger partial charge in [0.05, 0.1) is 10.7 Å². The molecule has 1 amide bonds. The Hall–Kier alpha value is -2.72. The van der Waals surface area contributed by atoms with E-state index in [2.05, 4.69) is 10.2 Å². The Morgan fingerprint density at radius 3 is 2.83 bits per heavy atom. The van der Waals surface area contributed by atoms with Crippen LogP contribution in [0.25, 0.3) is 0 Å². The number of pyridine rings is 1. The summed E-state index contributed by atoms with van der Waals surface area (Å²) in [4.78, 5) is 36.9. The van der Waals surface area contributed by atoms with Crippen LogP contribution in [0.15, 0.2) is 47.3 Å². The lowest BCUT2D eigenvalue weighted by molar-refractivity contribution is -0.384. The number of anilines is 1. The Balaban J connectivity index is 1.34. The number of benzene rings is 1. The molecule has 30 heavy (non-hydrogen) atoms. The molecular weight excluding hydrogens is 424 g/mol. The van der Waals surface area contributed by atoms with Gasteiger partial charge in [0, 0.05) is 55.1 Å². The summed E-state index contributed by atoms with van der Waals surface area (Å²) < 4.78 is 2.53. The van der Waals surface area contributed by atoms with Crippen LogP contribution in [0.4, 0.5) is 11.4 Å². The summed E-state index contributed by atoms with van der Waals surface area (Å²) in [6.45, 7) is 2.20. The van der Waals surface area contributed by atoms with Crippen LogP contribution in [0.2, 0.25) is 0 Å². The fraction of sp³-hybridized carbons (Fsp3) is 0.350. The molecule has 0 spiro atoms. The molecule has 1 saturated heterocycles. The first kappa shape index (κ1) is 20.5. The maximum atomic E-state index is 12.3. The first-order valence-corrected chi connectivity index (χ1v) is 11.0. The van der Waals surface area contributed by atoms with Gasteiger partial charge in [-0.05, 0) is 24.5 Å². The Morgan fingerprint density at radius 2 is 2.03 bits per heavy atom. The van der Waals surface area contributed by atoms with Crippen LogP contribution in [0.1, 0.15) is 18.0 Å². The van der Waals surface area contributed by atoms with Gasteiger partial charge in [0.15, 0.2) is 0 Å². The number of rotatable bonds is 4. The van der Waals surface area contributed by atoms with Crippen LogP contribution in [0.3, 0.4) is 0 Å². The van der Waals surface area contributed by atoms with Crippen LogP contribution in [-0.2, 0) is 11.3 Å². The molecule has 2 aromatic rings. The monoisotopic (exact) mass is 444 g/mol.